The first kappa shape index (κ1) is 13.1. The fourth-order valence-corrected chi connectivity index (χ4v) is 1.85. The van der Waals surface area contributed by atoms with Gasteiger partial charge < -0.3 is 10.4 Å². The number of benzene rings is 1. The minimum atomic E-state index is -0.113. The molecule has 2 rings (SSSR count). The van der Waals surface area contributed by atoms with Crippen molar-refractivity contribution in [2.75, 3.05) is 6.54 Å². The number of aryl methyl sites for hydroxylation is 1. The Labute approximate surface area is 111 Å². The minimum absolute atomic E-state index is 0.113. The maximum atomic E-state index is 11.9. The first-order valence-corrected chi connectivity index (χ1v) is 6.28. The number of phenolic OH excluding ortho intramolecular Hbond substituents is 1. The van der Waals surface area contributed by atoms with Crippen LogP contribution in [0.15, 0.2) is 36.5 Å². The number of aromatic hydroxyl groups is 1. The van der Waals surface area contributed by atoms with Crippen LogP contribution in [0.25, 0.3) is 0 Å². The van der Waals surface area contributed by atoms with Crippen LogP contribution in [0.4, 0.5) is 0 Å². The van der Waals surface area contributed by atoms with E-state index in [1.54, 1.807) is 29.1 Å². The van der Waals surface area contributed by atoms with Gasteiger partial charge in [0.2, 0.25) is 0 Å². The summed E-state index contributed by atoms with van der Waals surface area (Å²) in [6, 6.07) is 8.68. The molecule has 1 aromatic carbocycles. The van der Waals surface area contributed by atoms with Crippen LogP contribution >= 0.6 is 0 Å². The molecule has 100 valence electrons. The van der Waals surface area contributed by atoms with Gasteiger partial charge in [-0.1, -0.05) is 12.1 Å². The van der Waals surface area contributed by atoms with Crippen molar-refractivity contribution in [1.82, 2.24) is 15.1 Å². The Balaban J connectivity index is 1.86. The minimum Gasteiger partial charge on any atom is -0.508 e. The fraction of sp³-hybridized carbons (Fsp3) is 0.286. The van der Waals surface area contributed by atoms with Gasteiger partial charge in [0.1, 0.15) is 11.4 Å². The van der Waals surface area contributed by atoms with Gasteiger partial charge in [0.25, 0.3) is 5.91 Å². The van der Waals surface area contributed by atoms with Crippen LogP contribution in [0.5, 0.6) is 5.75 Å². The van der Waals surface area contributed by atoms with E-state index in [1.165, 1.54) is 0 Å². The van der Waals surface area contributed by atoms with Gasteiger partial charge >= 0.3 is 0 Å². The van der Waals surface area contributed by atoms with E-state index in [-0.39, 0.29) is 11.7 Å². The molecule has 1 heterocycles. The highest BCUT2D eigenvalue weighted by Gasteiger charge is 2.09. The number of carbonyl (C=O) groups is 1. The Morgan fingerprint density at radius 1 is 1.32 bits per heavy atom. The second-order valence-corrected chi connectivity index (χ2v) is 4.20. The number of hydrogen-bond acceptors (Lipinski definition) is 3. The zero-order chi connectivity index (χ0) is 13.7. The predicted octanol–water partition coefficient (Wildman–Crippen LogP) is 1.58. The normalized spacial score (nSPS) is 10.4. The van der Waals surface area contributed by atoms with E-state index in [0.717, 1.165) is 12.0 Å². The largest absolute Gasteiger partial charge is 0.508 e. The SMILES string of the molecule is CCn1nccc1C(=O)NCCc1ccc(O)cc1. The maximum absolute atomic E-state index is 11.9. The quantitative estimate of drug-likeness (QED) is 0.856. The van der Waals surface area contributed by atoms with E-state index in [4.69, 9.17) is 0 Å². The van der Waals surface area contributed by atoms with Crippen LogP contribution in [0.1, 0.15) is 23.0 Å². The first-order chi connectivity index (χ1) is 9.20. The van der Waals surface area contributed by atoms with E-state index < -0.39 is 0 Å². The summed E-state index contributed by atoms with van der Waals surface area (Å²) in [4.78, 5) is 11.9. The number of hydrogen-bond donors (Lipinski definition) is 2. The molecule has 0 spiro atoms. The molecule has 0 radical (unpaired) electrons. The second-order valence-electron chi connectivity index (χ2n) is 4.20. The van der Waals surface area contributed by atoms with Crippen molar-refractivity contribution in [1.29, 1.82) is 0 Å². The topological polar surface area (TPSA) is 67.2 Å². The molecule has 0 bridgehead atoms. The molecular weight excluding hydrogens is 242 g/mol. The molecule has 19 heavy (non-hydrogen) atoms. The Kier molecular flexibility index (Phi) is 4.18. The predicted molar refractivity (Wildman–Crippen MR) is 72.0 cm³/mol. The summed E-state index contributed by atoms with van der Waals surface area (Å²) in [5.74, 6) is 0.137. The summed E-state index contributed by atoms with van der Waals surface area (Å²) >= 11 is 0. The van der Waals surface area contributed by atoms with Gasteiger partial charge in [-0.05, 0) is 37.1 Å². The standard InChI is InChI=1S/C14H17N3O2/c1-2-17-13(8-10-16-17)14(19)15-9-7-11-3-5-12(18)6-4-11/h3-6,8,10,18H,2,7,9H2,1H3,(H,15,19). The number of nitrogens with one attached hydrogen (secondary N) is 1. The molecule has 0 aliphatic heterocycles. The number of rotatable bonds is 5. The van der Waals surface area contributed by atoms with Gasteiger partial charge in [0.05, 0.1) is 0 Å². The maximum Gasteiger partial charge on any atom is 0.269 e. The Bertz CT molecular complexity index is 546. The lowest BCUT2D eigenvalue weighted by atomic mass is 10.1. The smallest absolute Gasteiger partial charge is 0.269 e. The number of carbonyl (C=O) groups excluding carboxylic acids is 1. The van der Waals surface area contributed by atoms with Gasteiger partial charge in [-0.2, -0.15) is 5.10 Å². The van der Waals surface area contributed by atoms with Crippen LogP contribution in [-0.2, 0) is 13.0 Å². The van der Waals surface area contributed by atoms with Crippen molar-refractivity contribution in [2.24, 2.45) is 0 Å². The lowest BCUT2D eigenvalue weighted by Gasteiger charge is -2.07. The highest BCUT2D eigenvalue weighted by atomic mass is 16.3. The number of nitrogens with zero attached hydrogens (tertiary/aromatic N) is 2. The van der Waals surface area contributed by atoms with E-state index in [9.17, 15) is 9.90 Å². The molecule has 1 aromatic heterocycles. The average molecular weight is 259 g/mol. The Morgan fingerprint density at radius 2 is 2.05 bits per heavy atom. The van der Waals surface area contributed by atoms with Gasteiger partial charge in [-0.3, -0.25) is 9.48 Å². The van der Waals surface area contributed by atoms with Crippen LogP contribution in [0.3, 0.4) is 0 Å². The van der Waals surface area contributed by atoms with Crippen molar-refractivity contribution in [3.05, 3.63) is 47.8 Å². The fourth-order valence-electron chi connectivity index (χ4n) is 1.85. The summed E-state index contributed by atoms with van der Waals surface area (Å²) in [6.07, 6.45) is 2.35. The molecular formula is C14H17N3O2. The molecule has 0 atom stereocenters. The van der Waals surface area contributed by atoms with E-state index in [2.05, 4.69) is 10.4 Å². The highest BCUT2D eigenvalue weighted by molar-refractivity contribution is 5.92. The van der Waals surface area contributed by atoms with E-state index in [1.807, 2.05) is 19.1 Å². The lowest BCUT2D eigenvalue weighted by Crippen LogP contribution is -2.28. The molecule has 0 unspecified atom stereocenters. The third-order valence-corrected chi connectivity index (χ3v) is 2.88. The monoisotopic (exact) mass is 259 g/mol. The average Bonchev–Trinajstić information content (AvgIpc) is 2.89. The summed E-state index contributed by atoms with van der Waals surface area (Å²) in [5.41, 5.74) is 1.65. The molecule has 5 heteroatoms. The van der Waals surface area contributed by atoms with E-state index in [0.29, 0.717) is 18.8 Å². The molecule has 0 fully saturated rings. The number of aromatic nitrogens is 2. The van der Waals surface area contributed by atoms with Gasteiger partial charge in [-0.15, -0.1) is 0 Å². The van der Waals surface area contributed by atoms with E-state index >= 15 is 0 Å². The molecule has 0 aliphatic carbocycles. The van der Waals surface area contributed by atoms with Crippen molar-refractivity contribution in [3.63, 3.8) is 0 Å². The summed E-state index contributed by atoms with van der Waals surface area (Å²) in [7, 11) is 0. The third-order valence-electron chi connectivity index (χ3n) is 2.88. The van der Waals surface area contributed by atoms with Crippen molar-refractivity contribution < 1.29 is 9.90 Å². The molecule has 0 aliphatic rings. The highest BCUT2D eigenvalue weighted by Crippen LogP contribution is 2.09. The molecule has 1 amide bonds. The molecule has 5 nitrogen and oxygen atoms in total. The van der Waals surface area contributed by atoms with Crippen LogP contribution in [0.2, 0.25) is 0 Å². The Morgan fingerprint density at radius 3 is 2.74 bits per heavy atom. The van der Waals surface area contributed by atoms with Crippen molar-refractivity contribution >= 4 is 5.91 Å². The van der Waals surface area contributed by atoms with Crippen LogP contribution in [0, 0.1) is 0 Å². The molecule has 0 saturated carbocycles. The Hall–Kier alpha value is -2.30. The summed E-state index contributed by atoms with van der Waals surface area (Å²) in [5, 5.41) is 16.1. The van der Waals surface area contributed by atoms with Crippen LogP contribution < -0.4 is 5.32 Å². The third kappa shape index (κ3) is 3.34. The van der Waals surface area contributed by atoms with Gasteiger partial charge in [0, 0.05) is 19.3 Å². The van der Waals surface area contributed by atoms with Gasteiger partial charge in [-0.25, -0.2) is 0 Å². The second kappa shape index (κ2) is 6.04. The number of amides is 1. The first-order valence-electron chi connectivity index (χ1n) is 6.28. The lowest BCUT2D eigenvalue weighted by molar-refractivity contribution is 0.0943. The summed E-state index contributed by atoms with van der Waals surface area (Å²) < 4.78 is 1.66. The van der Waals surface area contributed by atoms with Crippen molar-refractivity contribution in [3.8, 4) is 5.75 Å². The number of phenols is 1. The molecule has 2 aromatic rings. The zero-order valence-electron chi connectivity index (χ0n) is 10.8. The van der Waals surface area contributed by atoms with Gasteiger partial charge in [0.15, 0.2) is 0 Å². The zero-order valence-corrected chi connectivity index (χ0v) is 10.8. The molecule has 0 saturated heterocycles. The van der Waals surface area contributed by atoms with Crippen molar-refractivity contribution in [2.45, 2.75) is 19.9 Å². The molecule has 2 N–H and O–H groups in total. The van der Waals surface area contributed by atoms with Crippen LogP contribution in [-0.4, -0.2) is 27.3 Å². The summed E-state index contributed by atoms with van der Waals surface area (Å²) in [6.45, 7) is 3.17.